The molecule has 0 spiro atoms. The van der Waals surface area contributed by atoms with Gasteiger partial charge in [-0.3, -0.25) is 0 Å². The van der Waals surface area contributed by atoms with E-state index in [-0.39, 0.29) is 5.54 Å². The van der Waals surface area contributed by atoms with Gasteiger partial charge in [0.05, 0.1) is 0 Å². The highest BCUT2D eigenvalue weighted by atomic mass is 79.9. The number of rotatable bonds is 4. The van der Waals surface area contributed by atoms with Crippen molar-refractivity contribution in [3.05, 3.63) is 27.1 Å². The van der Waals surface area contributed by atoms with Crippen LogP contribution in [0, 0.1) is 0 Å². The van der Waals surface area contributed by atoms with Crippen molar-refractivity contribution in [3.8, 4) is 0 Å². The fourth-order valence-electron chi connectivity index (χ4n) is 1.27. The van der Waals surface area contributed by atoms with E-state index in [4.69, 9.17) is 0 Å². The first kappa shape index (κ1) is 14.0. The number of nitrogens with one attached hydrogen (secondary N) is 2. The topological polar surface area (TPSA) is 24.1 Å². The monoisotopic (exact) mass is 348 g/mol. The highest BCUT2D eigenvalue weighted by molar-refractivity contribution is 9.11. The SMILES string of the molecule is CC(C)(C)NCCNc1cc(Br)ccc1Br. The largest absolute Gasteiger partial charge is 0.383 e. The summed E-state index contributed by atoms with van der Waals surface area (Å²) >= 11 is 6.98. The molecule has 0 amide bonds. The first-order valence-corrected chi connectivity index (χ1v) is 6.91. The fourth-order valence-corrected chi connectivity index (χ4v) is 2.02. The lowest BCUT2D eigenvalue weighted by Gasteiger charge is -2.21. The second-order valence-electron chi connectivity index (χ2n) is 4.73. The molecule has 4 heteroatoms. The zero-order valence-electron chi connectivity index (χ0n) is 9.90. The van der Waals surface area contributed by atoms with Gasteiger partial charge in [0.15, 0.2) is 0 Å². The molecule has 0 unspecified atom stereocenters. The Hall–Kier alpha value is -0.0600. The molecule has 0 saturated carbocycles. The van der Waals surface area contributed by atoms with E-state index in [1.807, 2.05) is 12.1 Å². The van der Waals surface area contributed by atoms with Crippen LogP contribution in [0.2, 0.25) is 0 Å². The van der Waals surface area contributed by atoms with Crippen molar-refractivity contribution in [1.82, 2.24) is 5.32 Å². The summed E-state index contributed by atoms with van der Waals surface area (Å²) in [6.07, 6.45) is 0. The van der Waals surface area contributed by atoms with Gasteiger partial charge in [-0.05, 0) is 54.9 Å². The zero-order valence-corrected chi connectivity index (χ0v) is 13.1. The van der Waals surface area contributed by atoms with Crippen LogP contribution in [0.25, 0.3) is 0 Å². The summed E-state index contributed by atoms with van der Waals surface area (Å²) in [5, 5.41) is 6.82. The van der Waals surface area contributed by atoms with Crippen LogP contribution in [0.15, 0.2) is 27.1 Å². The maximum absolute atomic E-state index is 3.52. The average Bonchev–Trinajstić information content (AvgIpc) is 2.16. The number of hydrogen-bond donors (Lipinski definition) is 2. The van der Waals surface area contributed by atoms with Crippen molar-refractivity contribution in [2.24, 2.45) is 0 Å². The number of benzene rings is 1. The molecule has 90 valence electrons. The molecule has 0 fully saturated rings. The first-order chi connectivity index (χ1) is 7.38. The second kappa shape index (κ2) is 6.03. The summed E-state index contributed by atoms with van der Waals surface area (Å²) in [6, 6.07) is 6.12. The van der Waals surface area contributed by atoms with Gasteiger partial charge in [0, 0.05) is 33.3 Å². The molecule has 1 aromatic carbocycles. The van der Waals surface area contributed by atoms with Crippen LogP contribution < -0.4 is 10.6 Å². The minimum absolute atomic E-state index is 0.177. The van der Waals surface area contributed by atoms with Crippen LogP contribution in [-0.2, 0) is 0 Å². The van der Waals surface area contributed by atoms with E-state index < -0.39 is 0 Å². The van der Waals surface area contributed by atoms with E-state index in [0.717, 1.165) is 27.7 Å². The Bertz CT molecular complexity index is 345. The smallest absolute Gasteiger partial charge is 0.0496 e. The van der Waals surface area contributed by atoms with Crippen molar-refractivity contribution >= 4 is 37.5 Å². The predicted octanol–water partition coefficient (Wildman–Crippen LogP) is 4.01. The highest BCUT2D eigenvalue weighted by Crippen LogP contribution is 2.25. The third-order valence-corrected chi connectivity index (χ3v) is 3.21. The van der Waals surface area contributed by atoms with Gasteiger partial charge in [-0.25, -0.2) is 0 Å². The molecule has 1 aromatic rings. The lowest BCUT2D eigenvalue weighted by molar-refractivity contribution is 0.435. The summed E-state index contributed by atoms with van der Waals surface area (Å²) in [4.78, 5) is 0. The first-order valence-electron chi connectivity index (χ1n) is 5.32. The van der Waals surface area contributed by atoms with Gasteiger partial charge in [0.25, 0.3) is 0 Å². The summed E-state index contributed by atoms with van der Waals surface area (Å²) in [5.74, 6) is 0. The van der Waals surface area contributed by atoms with Crippen molar-refractivity contribution in [1.29, 1.82) is 0 Å². The Morgan fingerprint density at radius 2 is 1.81 bits per heavy atom. The minimum Gasteiger partial charge on any atom is -0.383 e. The lowest BCUT2D eigenvalue weighted by atomic mass is 10.1. The van der Waals surface area contributed by atoms with Crippen LogP contribution in [0.1, 0.15) is 20.8 Å². The van der Waals surface area contributed by atoms with Crippen LogP contribution in [0.5, 0.6) is 0 Å². The molecule has 0 aliphatic carbocycles. The van der Waals surface area contributed by atoms with E-state index in [0.29, 0.717) is 0 Å². The van der Waals surface area contributed by atoms with Crippen molar-refractivity contribution in [2.75, 3.05) is 18.4 Å². The average molecular weight is 350 g/mol. The van der Waals surface area contributed by atoms with Crippen molar-refractivity contribution in [2.45, 2.75) is 26.3 Å². The summed E-state index contributed by atoms with van der Waals surface area (Å²) in [7, 11) is 0. The highest BCUT2D eigenvalue weighted by Gasteiger charge is 2.07. The molecule has 0 atom stereocenters. The third-order valence-electron chi connectivity index (χ3n) is 2.02. The van der Waals surface area contributed by atoms with E-state index >= 15 is 0 Å². The molecule has 0 aromatic heterocycles. The molecule has 1 rings (SSSR count). The molecule has 2 nitrogen and oxygen atoms in total. The molecular formula is C12H18Br2N2. The minimum atomic E-state index is 0.177. The molecule has 0 bridgehead atoms. The maximum atomic E-state index is 3.52. The Morgan fingerprint density at radius 3 is 2.44 bits per heavy atom. The van der Waals surface area contributed by atoms with E-state index in [1.54, 1.807) is 0 Å². The maximum Gasteiger partial charge on any atom is 0.0496 e. The van der Waals surface area contributed by atoms with Crippen LogP contribution in [0.3, 0.4) is 0 Å². The Labute approximate surface area is 114 Å². The van der Waals surface area contributed by atoms with E-state index in [1.165, 1.54) is 0 Å². The molecule has 16 heavy (non-hydrogen) atoms. The molecule has 2 N–H and O–H groups in total. The summed E-state index contributed by atoms with van der Waals surface area (Å²) in [5.41, 5.74) is 1.29. The van der Waals surface area contributed by atoms with Crippen molar-refractivity contribution in [3.63, 3.8) is 0 Å². The number of halogens is 2. The Balaban J connectivity index is 2.40. The van der Waals surface area contributed by atoms with Gasteiger partial charge in [-0.1, -0.05) is 15.9 Å². The van der Waals surface area contributed by atoms with Gasteiger partial charge in [-0.15, -0.1) is 0 Å². The summed E-state index contributed by atoms with van der Waals surface area (Å²) < 4.78 is 2.17. The predicted molar refractivity (Wildman–Crippen MR) is 78.1 cm³/mol. The molecule has 0 aliphatic heterocycles. The molecule has 0 radical (unpaired) electrons. The molecule has 0 heterocycles. The van der Waals surface area contributed by atoms with Crippen LogP contribution in [-0.4, -0.2) is 18.6 Å². The van der Waals surface area contributed by atoms with Gasteiger partial charge in [-0.2, -0.15) is 0 Å². The normalized spacial score (nSPS) is 11.6. The van der Waals surface area contributed by atoms with Crippen LogP contribution in [0.4, 0.5) is 5.69 Å². The van der Waals surface area contributed by atoms with Gasteiger partial charge < -0.3 is 10.6 Å². The summed E-state index contributed by atoms with van der Waals surface area (Å²) in [6.45, 7) is 8.36. The Morgan fingerprint density at radius 1 is 1.12 bits per heavy atom. The van der Waals surface area contributed by atoms with Gasteiger partial charge in [0.1, 0.15) is 0 Å². The molecular weight excluding hydrogens is 332 g/mol. The van der Waals surface area contributed by atoms with Gasteiger partial charge in [0.2, 0.25) is 0 Å². The van der Waals surface area contributed by atoms with Gasteiger partial charge >= 0.3 is 0 Å². The van der Waals surface area contributed by atoms with Crippen LogP contribution >= 0.6 is 31.9 Å². The quantitative estimate of drug-likeness (QED) is 0.802. The third kappa shape index (κ3) is 5.32. The Kier molecular flexibility index (Phi) is 5.28. The lowest BCUT2D eigenvalue weighted by Crippen LogP contribution is -2.38. The van der Waals surface area contributed by atoms with E-state index in [9.17, 15) is 0 Å². The standard InChI is InChI=1S/C12H18Br2N2/c1-12(2,3)16-7-6-15-11-8-9(13)4-5-10(11)14/h4-5,8,15-16H,6-7H2,1-3H3. The number of anilines is 1. The van der Waals surface area contributed by atoms with E-state index in [2.05, 4.69) is 69.3 Å². The van der Waals surface area contributed by atoms with Crippen molar-refractivity contribution < 1.29 is 0 Å². The second-order valence-corrected chi connectivity index (χ2v) is 6.50. The fraction of sp³-hybridized carbons (Fsp3) is 0.500. The number of hydrogen-bond acceptors (Lipinski definition) is 2. The molecule has 0 saturated heterocycles. The zero-order chi connectivity index (χ0) is 12.2. The molecule has 0 aliphatic rings.